The molecule has 7 nitrogen and oxygen atoms in total. The van der Waals surface area contributed by atoms with Gasteiger partial charge in [0.05, 0.1) is 25.3 Å². The van der Waals surface area contributed by atoms with E-state index in [4.69, 9.17) is 14.2 Å². The van der Waals surface area contributed by atoms with Crippen LogP contribution in [0.4, 0.5) is 0 Å². The van der Waals surface area contributed by atoms with Crippen LogP contribution in [0, 0.1) is 0 Å². The molecule has 1 heterocycles. The third-order valence-corrected chi connectivity index (χ3v) is 6.95. The Hall–Kier alpha value is -4.26. The quantitative estimate of drug-likeness (QED) is 0.166. The number of aliphatic hydroxyl groups excluding tert-OH is 1. The van der Waals surface area contributed by atoms with Crippen molar-refractivity contribution in [2.45, 2.75) is 52.7 Å². The van der Waals surface area contributed by atoms with Crippen LogP contribution in [0.1, 0.15) is 68.3 Å². The molecule has 1 saturated heterocycles. The van der Waals surface area contributed by atoms with E-state index in [1.165, 1.54) is 4.90 Å². The van der Waals surface area contributed by atoms with Crippen LogP contribution in [0.3, 0.4) is 0 Å². The number of carbonyl (C=O) groups excluding carboxylic acids is 2. The van der Waals surface area contributed by atoms with Crippen molar-refractivity contribution in [3.8, 4) is 17.2 Å². The fraction of sp³-hybridized carbons (Fsp3) is 0.333. The zero-order valence-corrected chi connectivity index (χ0v) is 23.8. The SMILES string of the molecule is CCCN1C(=O)C(=O)/C(=C(/O)c2ccc(OCC)c(C(C)C)c2)C1c1ccc(OC)c(OCc2ccccc2)c1. The summed E-state index contributed by atoms with van der Waals surface area (Å²) in [5.74, 6) is 0.305. The predicted octanol–water partition coefficient (Wildman–Crippen LogP) is 6.63. The van der Waals surface area contributed by atoms with Crippen LogP contribution in [-0.4, -0.2) is 42.0 Å². The molecule has 0 spiro atoms. The smallest absolute Gasteiger partial charge is 0.295 e. The van der Waals surface area contributed by atoms with Crippen LogP contribution in [0.15, 0.2) is 72.3 Å². The molecule has 0 aromatic heterocycles. The molecule has 3 aromatic rings. The van der Waals surface area contributed by atoms with Gasteiger partial charge in [-0.3, -0.25) is 9.59 Å². The number of likely N-dealkylation sites (tertiary alicyclic amines) is 1. The number of ether oxygens (including phenoxy) is 3. The molecule has 0 bridgehead atoms. The summed E-state index contributed by atoms with van der Waals surface area (Å²) in [6.45, 7) is 9.13. The number of methoxy groups -OCH3 is 1. The Morgan fingerprint density at radius 2 is 1.65 bits per heavy atom. The first kappa shape index (κ1) is 28.7. The van der Waals surface area contributed by atoms with Gasteiger partial charge in [0, 0.05) is 12.1 Å². The minimum absolute atomic E-state index is 0.0523. The number of rotatable bonds is 11. The molecule has 1 amide bonds. The molecular formula is C33H37NO6. The summed E-state index contributed by atoms with van der Waals surface area (Å²) in [6.07, 6.45) is 0.650. The molecule has 1 unspecified atom stereocenters. The minimum atomic E-state index is -0.779. The lowest BCUT2D eigenvalue weighted by molar-refractivity contribution is -0.139. The summed E-state index contributed by atoms with van der Waals surface area (Å²) in [4.78, 5) is 28.1. The number of nitrogens with zero attached hydrogens (tertiary/aromatic N) is 1. The number of hydrogen-bond donors (Lipinski definition) is 1. The lowest BCUT2D eigenvalue weighted by Gasteiger charge is -2.26. The fourth-order valence-electron chi connectivity index (χ4n) is 5.00. The van der Waals surface area contributed by atoms with Crippen molar-refractivity contribution >= 4 is 17.4 Å². The van der Waals surface area contributed by atoms with Crippen molar-refractivity contribution < 1.29 is 28.9 Å². The van der Waals surface area contributed by atoms with E-state index >= 15 is 0 Å². The molecular weight excluding hydrogens is 506 g/mol. The molecule has 1 aliphatic rings. The summed E-state index contributed by atoms with van der Waals surface area (Å²) in [6, 6.07) is 19.7. The summed E-state index contributed by atoms with van der Waals surface area (Å²) in [5.41, 5.74) is 3.06. The highest BCUT2D eigenvalue weighted by Crippen LogP contribution is 2.43. The Bertz CT molecular complexity index is 1400. The van der Waals surface area contributed by atoms with Gasteiger partial charge in [-0.2, -0.15) is 0 Å². The average Bonchev–Trinajstić information content (AvgIpc) is 3.21. The largest absolute Gasteiger partial charge is 0.507 e. The molecule has 1 atom stereocenters. The number of carbonyl (C=O) groups is 2. The second-order valence-corrected chi connectivity index (χ2v) is 10.0. The maximum Gasteiger partial charge on any atom is 0.295 e. The fourth-order valence-corrected chi connectivity index (χ4v) is 5.00. The molecule has 0 radical (unpaired) electrons. The van der Waals surface area contributed by atoms with Crippen LogP contribution in [-0.2, 0) is 16.2 Å². The highest BCUT2D eigenvalue weighted by Gasteiger charge is 2.46. The van der Waals surface area contributed by atoms with Crippen molar-refractivity contribution in [1.29, 1.82) is 0 Å². The van der Waals surface area contributed by atoms with E-state index in [9.17, 15) is 14.7 Å². The normalized spacial score (nSPS) is 16.4. The summed E-state index contributed by atoms with van der Waals surface area (Å²) in [5, 5.41) is 11.6. The molecule has 4 rings (SSSR count). The van der Waals surface area contributed by atoms with E-state index in [1.54, 1.807) is 37.4 Å². The Morgan fingerprint density at radius 3 is 2.30 bits per heavy atom. The Kier molecular flexibility index (Phi) is 9.15. The van der Waals surface area contributed by atoms with Crippen molar-refractivity contribution in [3.05, 3.63) is 94.6 Å². The van der Waals surface area contributed by atoms with Gasteiger partial charge in [0.15, 0.2) is 11.5 Å². The van der Waals surface area contributed by atoms with E-state index in [-0.39, 0.29) is 17.3 Å². The zero-order chi connectivity index (χ0) is 28.8. The van der Waals surface area contributed by atoms with E-state index in [1.807, 2.05) is 64.1 Å². The molecule has 7 heteroatoms. The van der Waals surface area contributed by atoms with E-state index in [2.05, 4.69) is 0 Å². The van der Waals surface area contributed by atoms with Crippen molar-refractivity contribution in [2.24, 2.45) is 0 Å². The van der Waals surface area contributed by atoms with Crippen LogP contribution < -0.4 is 14.2 Å². The second-order valence-electron chi connectivity index (χ2n) is 10.0. The maximum absolute atomic E-state index is 13.4. The molecule has 210 valence electrons. The highest BCUT2D eigenvalue weighted by molar-refractivity contribution is 6.46. The molecule has 1 fully saturated rings. The Morgan fingerprint density at radius 1 is 0.925 bits per heavy atom. The number of hydrogen-bond acceptors (Lipinski definition) is 6. The standard InChI is InChI=1S/C33H37NO6/c1-6-17-34-30(23-13-16-27(38-5)28(19-23)40-20-22-11-9-8-10-12-22)29(32(36)33(34)37)31(35)24-14-15-26(39-7-2)25(18-24)21(3)4/h8-16,18-19,21,30,35H,6-7,17,20H2,1-5H3/b31-29+. The third kappa shape index (κ3) is 5.83. The number of Topliss-reactive ketones (excluding diaryl/α,β-unsaturated/α-hetero) is 1. The van der Waals surface area contributed by atoms with Gasteiger partial charge in [0.1, 0.15) is 18.1 Å². The monoisotopic (exact) mass is 543 g/mol. The molecule has 3 aromatic carbocycles. The van der Waals surface area contributed by atoms with Crippen LogP contribution in [0.2, 0.25) is 0 Å². The van der Waals surface area contributed by atoms with E-state index < -0.39 is 17.7 Å². The summed E-state index contributed by atoms with van der Waals surface area (Å²) < 4.78 is 17.4. The number of aliphatic hydroxyl groups is 1. The summed E-state index contributed by atoms with van der Waals surface area (Å²) >= 11 is 0. The van der Waals surface area contributed by atoms with E-state index in [0.29, 0.717) is 48.8 Å². The average molecular weight is 544 g/mol. The van der Waals surface area contributed by atoms with Crippen LogP contribution in [0.25, 0.3) is 5.76 Å². The summed E-state index contributed by atoms with van der Waals surface area (Å²) in [7, 11) is 1.56. The van der Waals surface area contributed by atoms with Crippen LogP contribution in [0.5, 0.6) is 17.2 Å². The molecule has 40 heavy (non-hydrogen) atoms. The van der Waals surface area contributed by atoms with Gasteiger partial charge >= 0.3 is 0 Å². The van der Waals surface area contributed by atoms with Gasteiger partial charge in [0.2, 0.25) is 0 Å². The lowest BCUT2D eigenvalue weighted by atomic mass is 9.93. The number of amides is 1. The van der Waals surface area contributed by atoms with Crippen molar-refractivity contribution in [3.63, 3.8) is 0 Å². The van der Waals surface area contributed by atoms with Crippen molar-refractivity contribution in [1.82, 2.24) is 4.90 Å². The van der Waals surface area contributed by atoms with Crippen molar-refractivity contribution in [2.75, 3.05) is 20.3 Å². The molecule has 0 aliphatic carbocycles. The zero-order valence-electron chi connectivity index (χ0n) is 23.8. The molecule has 1 N–H and O–H groups in total. The first-order chi connectivity index (χ1) is 19.3. The highest BCUT2D eigenvalue weighted by atomic mass is 16.5. The first-order valence-corrected chi connectivity index (χ1v) is 13.7. The maximum atomic E-state index is 13.4. The topological polar surface area (TPSA) is 85.3 Å². The molecule has 0 saturated carbocycles. The van der Waals surface area contributed by atoms with Gasteiger partial charge in [-0.25, -0.2) is 0 Å². The lowest BCUT2D eigenvalue weighted by Crippen LogP contribution is -2.30. The minimum Gasteiger partial charge on any atom is -0.507 e. The second kappa shape index (κ2) is 12.7. The van der Waals surface area contributed by atoms with Crippen LogP contribution >= 0.6 is 0 Å². The number of ketones is 1. The Balaban J connectivity index is 1.82. The Labute approximate surface area is 236 Å². The van der Waals surface area contributed by atoms with Gasteiger partial charge in [0.25, 0.3) is 11.7 Å². The van der Waals surface area contributed by atoms with Gasteiger partial charge in [-0.15, -0.1) is 0 Å². The van der Waals surface area contributed by atoms with Gasteiger partial charge in [-0.1, -0.05) is 57.2 Å². The van der Waals surface area contributed by atoms with E-state index in [0.717, 1.165) is 16.9 Å². The van der Waals surface area contributed by atoms with Gasteiger partial charge in [-0.05, 0) is 66.3 Å². The first-order valence-electron chi connectivity index (χ1n) is 13.7. The van der Waals surface area contributed by atoms with Gasteiger partial charge < -0.3 is 24.2 Å². The molecule has 1 aliphatic heterocycles. The third-order valence-electron chi connectivity index (χ3n) is 6.95. The number of benzene rings is 3. The predicted molar refractivity (Wildman–Crippen MR) is 155 cm³/mol.